The summed E-state index contributed by atoms with van der Waals surface area (Å²) in [4.78, 5) is 38.3. The van der Waals surface area contributed by atoms with Gasteiger partial charge in [-0.15, -0.1) is 11.8 Å². The average Bonchev–Trinajstić information content (AvgIpc) is 2.80. The van der Waals surface area contributed by atoms with Gasteiger partial charge in [0.15, 0.2) is 0 Å². The fourth-order valence-corrected chi connectivity index (χ4v) is 5.10. The number of nitrogens with zero attached hydrogens (tertiary/aromatic N) is 1. The normalized spacial score (nSPS) is 27.6. The van der Waals surface area contributed by atoms with Crippen molar-refractivity contribution in [2.75, 3.05) is 0 Å². The van der Waals surface area contributed by atoms with Crippen LogP contribution in [0.1, 0.15) is 32.3 Å². The van der Waals surface area contributed by atoms with Crippen molar-refractivity contribution < 1.29 is 35.4 Å². The van der Waals surface area contributed by atoms with Crippen molar-refractivity contribution in [1.29, 1.82) is 0 Å². The number of amides is 2. The molecular weight excluding hydrogens is 508 g/mol. The zero-order valence-corrected chi connectivity index (χ0v) is 18.1. The summed E-state index contributed by atoms with van der Waals surface area (Å²) in [6.07, 6.45) is 0. The number of fused-ring (bicyclic) bond motifs is 1. The van der Waals surface area contributed by atoms with Crippen LogP contribution in [-0.4, -0.2) is 44.7 Å². The van der Waals surface area contributed by atoms with E-state index in [1.165, 1.54) is 0 Å². The predicted octanol–water partition coefficient (Wildman–Crippen LogP) is 1.74. The monoisotopic (exact) mass is 529 g/mol. The Hall–Kier alpha value is -1.26. The quantitative estimate of drug-likeness (QED) is 0.477. The first-order chi connectivity index (χ1) is 11.2. The molecule has 0 aromatic heterocycles. The van der Waals surface area contributed by atoms with Crippen LogP contribution >= 0.6 is 11.8 Å². The molecule has 5 nitrogen and oxygen atoms in total. The Morgan fingerprint density at radius 3 is 2.44 bits per heavy atom. The molecule has 25 heavy (non-hydrogen) atoms. The van der Waals surface area contributed by atoms with Crippen molar-refractivity contribution in [3.63, 3.8) is 0 Å². The SMILES string of the molecule is [CH2-]C(=O)C1N2C(=O)C(NC(=O)C(C)c3ccccc3)C2SC1(C)C.[W]. The largest absolute Gasteiger partial charge is 0.341 e. The van der Waals surface area contributed by atoms with Crippen molar-refractivity contribution in [3.05, 3.63) is 42.8 Å². The first kappa shape index (κ1) is 20.1. The van der Waals surface area contributed by atoms with E-state index in [0.29, 0.717) is 0 Å². The van der Waals surface area contributed by atoms with Crippen LogP contribution in [0, 0.1) is 6.92 Å². The van der Waals surface area contributed by atoms with Crippen molar-refractivity contribution in [1.82, 2.24) is 10.2 Å². The van der Waals surface area contributed by atoms with Gasteiger partial charge in [-0.2, -0.15) is 0 Å². The third kappa shape index (κ3) is 3.39. The number of thioether (sulfide) groups is 1. The second kappa shape index (κ2) is 7.16. The van der Waals surface area contributed by atoms with Gasteiger partial charge >= 0.3 is 0 Å². The first-order valence-electron chi connectivity index (χ1n) is 7.95. The van der Waals surface area contributed by atoms with Crippen molar-refractivity contribution in [3.8, 4) is 0 Å². The number of carbonyl (C=O) groups excluding carboxylic acids is 3. The molecule has 0 radical (unpaired) electrons. The zero-order chi connectivity index (χ0) is 17.6. The summed E-state index contributed by atoms with van der Waals surface area (Å²) in [7, 11) is 0. The molecule has 1 aromatic rings. The van der Waals surface area contributed by atoms with Crippen LogP contribution < -0.4 is 5.32 Å². The van der Waals surface area contributed by atoms with E-state index in [9.17, 15) is 14.4 Å². The van der Waals surface area contributed by atoms with Crippen LogP contribution in [0.2, 0.25) is 0 Å². The van der Waals surface area contributed by atoms with Gasteiger partial charge in [-0.1, -0.05) is 30.3 Å². The molecule has 1 N–H and O–H groups in total. The molecule has 0 bridgehead atoms. The molecule has 0 saturated carbocycles. The van der Waals surface area contributed by atoms with E-state index in [1.54, 1.807) is 16.7 Å². The van der Waals surface area contributed by atoms with E-state index < -0.39 is 16.8 Å². The van der Waals surface area contributed by atoms with E-state index in [-0.39, 0.29) is 50.0 Å². The predicted molar refractivity (Wildman–Crippen MR) is 93.2 cm³/mol. The van der Waals surface area contributed by atoms with Gasteiger partial charge in [0.2, 0.25) is 11.8 Å². The van der Waals surface area contributed by atoms with E-state index >= 15 is 0 Å². The van der Waals surface area contributed by atoms with Crippen molar-refractivity contribution in [2.45, 2.75) is 48.9 Å². The van der Waals surface area contributed by atoms with Crippen LogP contribution in [0.4, 0.5) is 0 Å². The van der Waals surface area contributed by atoms with Crippen LogP contribution in [0.25, 0.3) is 0 Å². The minimum atomic E-state index is -0.572. The van der Waals surface area contributed by atoms with Gasteiger partial charge in [-0.05, 0) is 26.3 Å². The summed E-state index contributed by atoms with van der Waals surface area (Å²) in [6, 6.07) is 8.35. The maximum Gasteiger partial charge on any atom is 0.249 e. The summed E-state index contributed by atoms with van der Waals surface area (Å²) in [6.45, 7) is 9.17. The van der Waals surface area contributed by atoms with E-state index in [1.807, 2.05) is 51.1 Å². The minimum Gasteiger partial charge on any atom is -0.341 e. The summed E-state index contributed by atoms with van der Waals surface area (Å²) in [5.41, 5.74) is 0.906. The number of hydrogen-bond donors (Lipinski definition) is 1. The third-order valence-corrected chi connectivity index (χ3v) is 6.31. The Bertz CT molecular complexity index is 695. The smallest absolute Gasteiger partial charge is 0.249 e. The topological polar surface area (TPSA) is 66.5 Å². The number of benzene rings is 1. The fourth-order valence-electron chi connectivity index (χ4n) is 3.44. The molecule has 0 spiro atoms. The average molecular weight is 529 g/mol. The Balaban J connectivity index is 0.00000225. The molecule has 4 atom stereocenters. The summed E-state index contributed by atoms with van der Waals surface area (Å²) in [5, 5.41) is 2.65. The molecule has 2 fully saturated rings. The molecule has 2 aliphatic rings. The van der Waals surface area contributed by atoms with Crippen molar-refractivity contribution >= 4 is 29.4 Å². The van der Waals surface area contributed by atoms with Gasteiger partial charge in [-0.25, -0.2) is 0 Å². The Morgan fingerprint density at radius 2 is 1.88 bits per heavy atom. The maximum atomic E-state index is 12.5. The number of β-lactam (4-membered cyclic amide) rings is 1. The maximum absolute atomic E-state index is 12.5. The number of hydrogen-bond acceptors (Lipinski definition) is 4. The summed E-state index contributed by atoms with van der Waals surface area (Å²) < 4.78 is -0.399. The molecule has 2 heterocycles. The second-order valence-corrected chi connectivity index (χ2v) is 8.62. The first-order valence-corrected chi connectivity index (χ1v) is 8.83. The minimum absolute atomic E-state index is 0. The molecule has 2 saturated heterocycles. The molecule has 4 unspecified atom stereocenters. The van der Waals surface area contributed by atoms with Crippen LogP contribution in [-0.2, 0) is 35.4 Å². The summed E-state index contributed by atoms with van der Waals surface area (Å²) in [5.74, 6) is -0.973. The molecule has 7 heteroatoms. The molecule has 2 amide bonds. The third-order valence-electron chi connectivity index (χ3n) is 4.74. The van der Waals surface area contributed by atoms with E-state index in [2.05, 4.69) is 12.2 Å². The molecule has 134 valence electrons. The van der Waals surface area contributed by atoms with Gasteiger partial charge in [0, 0.05) is 31.6 Å². The Labute approximate surface area is 166 Å². The number of nitrogens with one attached hydrogen (secondary N) is 1. The molecule has 0 aliphatic carbocycles. The molecule has 2 aliphatic heterocycles. The molecular formula is C18H21N2O3SW-. The van der Waals surface area contributed by atoms with E-state index in [0.717, 1.165) is 5.56 Å². The Morgan fingerprint density at radius 1 is 1.28 bits per heavy atom. The standard InChI is InChI=1S/C18H21N2O3S.W/c1-10(12-8-6-5-7-9-12)15(22)19-13-16(23)20-14(11(2)21)18(3,4)24-17(13)20;/h5-10,13-14,17H,2H2,1,3-4H3,(H,19,22);/q-1;. The fraction of sp³-hybridized carbons (Fsp3) is 0.444. The number of Topliss-reactive ketones (excluding diaryl/α,β-unsaturated/α-hetero) is 1. The van der Waals surface area contributed by atoms with Gasteiger partial charge < -0.3 is 21.9 Å². The van der Waals surface area contributed by atoms with Gasteiger partial charge in [0.05, 0.1) is 12.0 Å². The van der Waals surface area contributed by atoms with Crippen molar-refractivity contribution in [2.24, 2.45) is 0 Å². The number of ketones is 1. The number of carbonyl (C=O) groups is 3. The van der Waals surface area contributed by atoms with Gasteiger partial charge in [-0.3, -0.25) is 9.59 Å². The van der Waals surface area contributed by atoms with Gasteiger partial charge in [0.1, 0.15) is 11.4 Å². The van der Waals surface area contributed by atoms with Crippen LogP contribution in [0.3, 0.4) is 0 Å². The number of rotatable bonds is 4. The Kier molecular flexibility index (Phi) is 5.74. The molecule has 1 aromatic carbocycles. The van der Waals surface area contributed by atoms with Crippen LogP contribution in [0.5, 0.6) is 0 Å². The molecule has 3 rings (SSSR count). The second-order valence-electron chi connectivity index (χ2n) is 6.84. The zero-order valence-electron chi connectivity index (χ0n) is 14.4. The van der Waals surface area contributed by atoms with E-state index in [4.69, 9.17) is 0 Å². The summed E-state index contributed by atoms with van der Waals surface area (Å²) >= 11 is 1.54. The van der Waals surface area contributed by atoms with Gasteiger partial charge in [0.25, 0.3) is 0 Å². The van der Waals surface area contributed by atoms with Crippen LogP contribution in [0.15, 0.2) is 30.3 Å².